The lowest BCUT2D eigenvalue weighted by Gasteiger charge is -2.21. The smallest absolute Gasteiger partial charge is 0.242 e. The van der Waals surface area contributed by atoms with Crippen molar-refractivity contribution >= 4 is 11.8 Å². The molecule has 2 aliphatic heterocycles. The van der Waals surface area contributed by atoms with E-state index in [2.05, 4.69) is 5.32 Å². The Morgan fingerprint density at radius 3 is 2.56 bits per heavy atom. The normalized spacial score (nSPS) is 28.2. The quantitative estimate of drug-likeness (QED) is 0.763. The number of rotatable bonds is 4. The first-order valence-electron chi connectivity index (χ1n) is 7.06. The van der Waals surface area contributed by atoms with Gasteiger partial charge in [0.05, 0.1) is 12.6 Å². The number of hydrogen-bond acceptors (Lipinski definition) is 3. The number of hydrogen-bond donors (Lipinski definition) is 1. The van der Waals surface area contributed by atoms with Crippen LogP contribution >= 0.6 is 0 Å². The predicted octanol–water partition coefficient (Wildman–Crippen LogP) is -0.0383. The van der Waals surface area contributed by atoms with Crippen LogP contribution < -0.4 is 5.32 Å². The molecule has 1 aliphatic carbocycles. The Balaban J connectivity index is 1.50. The van der Waals surface area contributed by atoms with Crippen LogP contribution in [0.3, 0.4) is 0 Å². The number of nitrogens with zero attached hydrogens (tertiary/aromatic N) is 2. The molecule has 0 radical (unpaired) electrons. The molecule has 0 aromatic carbocycles. The molecule has 0 aromatic heterocycles. The number of carbonyl (C=O) groups is 2. The Bertz CT molecular complexity index is 348. The summed E-state index contributed by atoms with van der Waals surface area (Å²) in [5, 5.41) is 3.36. The lowest BCUT2D eigenvalue weighted by atomic mass is 10.2. The Morgan fingerprint density at radius 2 is 1.89 bits per heavy atom. The van der Waals surface area contributed by atoms with Gasteiger partial charge >= 0.3 is 0 Å². The van der Waals surface area contributed by atoms with Crippen molar-refractivity contribution in [2.24, 2.45) is 0 Å². The molecule has 5 nitrogen and oxygen atoms in total. The van der Waals surface area contributed by atoms with Crippen LogP contribution in [0.4, 0.5) is 0 Å². The van der Waals surface area contributed by atoms with Gasteiger partial charge in [-0.3, -0.25) is 9.59 Å². The number of amides is 2. The Morgan fingerprint density at radius 1 is 1.17 bits per heavy atom. The van der Waals surface area contributed by atoms with Crippen molar-refractivity contribution in [2.45, 2.75) is 44.2 Å². The maximum atomic E-state index is 12.1. The number of likely N-dealkylation sites (tertiary alicyclic amines) is 2. The minimum atomic E-state index is -0.0381. The molecule has 100 valence electrons. The zero-order valence-electron chi connectivity index (χ0n) is 10.7. The molecule has 2 amide bonds. The molecule has 0 aromatic rings. The molecule has 1 N–H and O–H groups in total. The molecular formula is C13H21N3O2. The highest BCUT2D eigenvalue weighted by Crippen LogP contribution is 2.22. The predicted molar refractivity (Wildman–Crippen MR) is 67.0 cm³/mol. The maximum absolute atomic E-state index is 12.1. The summed E-state index contributed by atoms with van der Waals surface area (Å²) in [6, 6.07) is 0.511. The average molecular weight is 251 g/mol. The van der Waals surface area contributed by atoms with Gasteiger partial charge in [0, 0.05) is 25.7 Å². The first-order valence-corrected chi connectivity index (χ1v) is 7.06. The fourth-order valence-corrected chi connectivity index (χ4v) is 2.81. The molecule has 18 heavy (non-hydrogen) atoms. The van der Waals surface area contributed by atoms with E-state index in [4.69, 9.17) is 0 Å². The SMILES string of the molecule is O=C(CN1CCC(NC2CC2)C1=O)N1CCCC1. The van der Waals surface area contributed by atoms with Gasteiger partial charge in [0.2, 0.25) is 11.8 Å². The third-order valence-corrected chi connectivity index (χ3v) is 4.10. The highest BCUT2D eigenvalue weighted by molar-refractivity contribution is 5.89. The van der Waals surface area contributed by atoms with Gasteiger partial charge < -0.3 is 15.1 Å². The molecule has 3 aliphatic rings. The summed E-state index contributed by atoms with van der Waals surface area (Å²) in [7, 11) is 0. The van der Waals surface area contributed by atoms with E-state index in [0.717, 1.165) is 38.9 Å². The second-order valence-corrected chi connectivity index (χ2v) is 5.63. The highest BCUT2D eigenvalue weighted by Gasteiger charge is 2.36. The lowest BCUT2D eigenvalue weighted by Crippen LogP contribution is -2.43. The van der Waals surface area contributed by atoms with Crippen molar-refractivity contribution in [2.75, 3.05) is 26.2 Å². The van der Waals surface area contributed by atoms with Crippen LogP contribution in [-0.2, 0) is 9.59 Å². The van der Waals surface area contributed by atoms with Crippen LogP contribution in [0.1, 0.15) is 32.1 Å². The van der Waals surface area contributed by atoms with Crippen LogP contribution in [-0.4, -0.2) is 59.9 Å². The van der Waals surface area contributed by atoms with E-state index in [1.54, 1.807) is 4.90 Å². The fourth-order valence-electron chi connectivity index (χ4n) is 2.81. The first-order chi connectivity index (χ1) is 8.74. The van der Waals surface area contributed by atoms with E-state index in [9.17, 15) is 9.59 Å². The van der Waals surface area contributed by atoms with E-state index in [1.807, 2.05) is 4.90 Å². The molecule has 3 rings (SSSR count). The summed E-state index contributed by atoms with van der Waals surface area (Å²) < 4.78 is 0. The summed E-state index contributed by atoms with van der Waals surface area (Å²) in [6.45, 7) is 2.74. The van der Waals surface area contributed by atoms with Gasteiger partial charge in [-0.1, -0.05) is 0 Å². The second-order valence-electron chi connectivity index (χ2n) is 5.63. The van der Waals surface area contributed by atoms with Crippen molar-refractivity contribution in [1.29, 1.82) is 0 Å². The van der Waals surface area contributed by atoms with Crippen LogP contribution in [0.25, 0.3) is 0 Å². The van der Waals surface area contributed by atoms with Gasteiger partial charge in [0.1, 0.15) is 0 Å². The zero-order chi connectivity index (χ0) is 12.5. The van der Waals surface area contributed by atoms with Crippen molar-refractivity contribution in [3.8, 4) is 0 Å². The molecule has 2 saturated heterocycles. The maximum Gasteiger partial charge on any atom is 0.242 e. The van der Waals surface area contributed by atoms with E-state index >= 15 is 0 Å². The van der Waals surface area contributed by atoms with Gasteiger partial charge in [-0.05, 0) is 32.1 Å². The van der Waals surface area contributed by atoms with Gasteiger partial charge in [-0.2, -0.15) is 0 Å². The monoisotopic (exact) mass is 251 g/mol. The van der Waals surface area contributed by atoms with Crippen molar-refractivity contribution in [3.05, 3.63) is 0 Å². The van der Waals surface area contributed by atoms with E-state index in [0.29, 0.717) is 6.04 Å². The van der Waals surface area contributed by atoms with E-state index < -0.39 is 0 Å². The van der Waals surface area contributed by atoms with E-state index in [1.165, 1.54) is 12.8 Å². The summed E-state index contributed by atoms with van der Waals surface area (Å²) in [5.74, 6) is 0.238. The second kappa shape index (κ2) is 4.88. The average Bonchev–Trinajstić information content (AvgIpc) is 2.88. The summed E-state index contributed by atoms with van der Waals surface area (Å²) >= 11 is 0. The Hall–Kier alpha value is -1.10. The molecule has 1 atom stereocenters. The summed E-state index contributed by atoms with van der Waals surface area (Å²) in [4.78, 5) is 27.7. The third-order valence-electron chi connectivity index (χ3n) is 4.10. The van der Waals surface area contributed by atoms with E-state index in [-0.39, 0.29) is 24.4 Å². The van der Waals surface area contributed by atoms with Crippen LogP contribution in [0.15, 0.2) is 0 Å². The van der Waals surface area contributed by atoms with Gasteiger partial charge in [0.25, 0.3) is 0 Å². The highest BCUT2D eigenvalue weighted by atomic mass is 16.2. The fraction of sp³-hybridized carbons (Fsp3) is 0.846. The van der Waals surface area contributed by atoms with Gasteiger partial charge in [0.15, 0.2) is 0 Å². The lowest BCUT2D eigenvalue weighted by molar-refractivity contribution is -0.138. The molecule has 2 heterocycles. The Labute approximate surface area is 107 Å². The molecule has 1 unspecified atom stereocenters. The minimum Gasteiger partial charge on any atom is -0.341 e. The molecule has 3 fully saturated rings. The Kier molecular flexibility index (Phi) is 3.24. The zero-order valence-corrected chi connectivity index (χ0v) is 10.7. The molecule has 5 heteroatoms. The largest absolute Gasteiger partial charge is 0.341 e. The summed E-state index contributed by atoms with van der Waals surface area (Å²) in [5.41, 5.74) is 0. The van der Waals surface area contributed by atoms with Gasteiger partial charge in [-0.15, -0.1) is 0 Å². The molecule has 1 saturated carbocycles. The summed E-state index contributed by atoms with van der Waals surface area (Å²) in [6.07, 6.45) is 5.44. The van der Waals surface area contributed by atoms with Crippen LogP contribution in [0.2, 0.25) is 0 Å². The third kappa shape index (κ3) is 2.51. The first kappa shape index (κ1) is 12.0. The van der Waals surface area contributed by atoms with Gasteiger partial charge in [-0.25, -0.2) is 0 Å². The van der Waals surface area contributed by atoms with Crippen molar-refractivity contribution in [3.63, 3.8) is 0 Å². The minimum absolute atomic E-state index is 0.0381. The topological polar surface area (TPSA) is 52.7 Å². The van der Waals surface area contributed by atoms with Crippen LogP contribution in [0, 0.1) is 0 Å². The van der Waals surface area contributed by atoms with Crippen molar-refractivity contribution < 1.29 is 9.59 Å². The van der Waals surface area contributed by atoms with Crippen molar-refractivity contribution in [1.82, 2.24) is 15.1 Å². The molecule has 0 bridgehead atoms. The molecular weight excluding hydrogens is 230 g/mol. The number of carbonyl (C=O) groups excluding carboxylic acids is 2. The standard InChI is InChI=1S/C13H21N3O2/c17-12(15-6-1-2-7-15)9-16-8-5-11(13(16)18)14-10-3-4-10/h10-11,14H,1-9H2. The van der Waals surface area contributed by atoms with Crippen LogP contribution in [0.5, 0.6) is 0 Å². The molecule has 0 spiro atoms. The number of nitrogens with one attached hydrogen (secondary N) is 1.